The lowest BCUT2D eigenvalue weighted by Crippen LogP contribution is -2.59. The normalized spacial score (nSPS) is 18.1. The van der Waals surface area contributed by atoms with Crippen LogP contribution in [0.4, 0.5) is 0 Å². The van der Waals surface area contributed by atoms with Crippen LogP contribution in [0.1, 0.15) is 19.8 Å². The van der Waals surface area contributed by atoms with Crippen LogP contribution >= 0.6 is 12.2 Å². The number of nitrogens with one attached hydrogen (secondary N) is 2. The molecule has 1 aliphatic heterocycles. The second-order valence-corrected chi connectivity index (χ2v) is 4.79. The fourth-order valence-electron chi connectivity index (χ4n) is 1.85. The summed E-state index contributed by atoms with van der Waals surface area (Å²) in [5, 5.41) is 6.17. The zero-order chi connectivity index (χ0) is 15.0. The molecule has 0 spiro atoms. The molecule has 0 aliphatic carbocycles. The van der Waals surface area contributed by atoms with Gasteiger partial charge in [-0.25, -0.2) is 0 Å². The highest BCUT2D eigenvalue weighted by molar-refractivity contribution is 7.80. The Morgan fingerprint density at radius 2 is 2.45 bits per heavy atom. The van der Waals surface area contributed by atoms with Crippen molar-refractivity contribution in [2.75, 3.05) is 26.2 Å². The minimum absolute atomic E-state index is 0.00173. The highest BCUT2D eigenvalue weighted by Crippen LogP contribution is 2.10. The first-order valence-electron chi connectivity index (χ1n) is 6.68. The molecule has 0 radical (unpaired) electrons. The lowest BCUT2D eigenvalue weighted by molar-refractivity contribution is -0.147. The molecule has 1 amide bonds. The van der Waals surface area contributed by atoms with Gasteiger partial charge < -0.3 is 20.3 Å². The maximum atomic E-state index is 11.9. The molecule has 1 fully saturated rings. The Morgan fingerprint density at radius 3 is 3.10 bits per heavy atom. The van der Waals surface area contributed by atoms with Gasteiger partial charge in [-0.3, -0.25) is 9.59 Å². The molecule has 0 aromatic heterocycles. The van der Waals surface area contributed by atoms with Crippen molar-refractivity contribution >= 4 is 29.2 Å². The van der Waals surface area contributed by atoms with Crippen molar-refractivity contribution in [1.29, 1.82) is 0 Å². The number of thiocarbonyl (C=S) groups is 1. The molecule has 0 bridgehead atoms. The largest absolute Gasteiger partial charge is 0.466 e. The summed E-state index contributed by atoms with van der Waals surface area (Å²) in [6.45, 7) is 7.48. The molecule has 7 heteroatoms. The molecular weight excluding hydrogens is 278 g/mol. The number of rotatable bonds is 6. The maximum Gasteiger partial charge on any atom is 0.308 e. The summed E-state index contributed by atoms with van der Waals surface area (Å²) in [5.41, 5.74) is 0. The summed E-state index contributed by atoms with van der Waals surface area (Å²) in [7, 11) is 0. The van der Waals surface area contributed by atoms with Crippen LogP contribution in [0.2, 0.25) is 0 Å². The summed E-state index contributed by atoms with van der Waals surface area (Å²) >= 11 is 5.24. The SMILES string of the molecule is C=CCNC(=S)N1CCNC(=O)C1CC(=O)OCCC. The number of hydrogen-bond donors (Lipinski definition) is 2. The van der Waals surface area contributed by atoms with Gasteiger partial charge >= 0.3 is 5.97 Å². The number of carbonyl (C=O) groups is 2. The molecule has 1 unspecified atom stereocenters. The van der Waals surface area contributed by atoms with E-state index in [9.17, 15) is 9.59 Å². The highest BCUT2D eigenvalue weighted by Gasteiger charge is 2.33. The van der Waals surface area contributed by atoms with Crippen molar-refractivity contribution in [2.45, 2.75) is 25.8 Å². The van der Waals surface area contributed by atoms with Crippen LogP contribution < -0.4 is 10.6 Å². The molecule has 0 aromatic rings. The van der Waals surface area contributed by atoms with Crippen molar-refractivity contribution in [1.82, 2.24) is 15.5 Å². The number of carbonyl (C=O) groups excluding carboxylic acids is 2. The van der Waals surface area contributed by atoms with Crippen LogP contribution in [-0.4, -0.2) is 54.2 Å². The molecule has 0 saturated carbocycles. The van der Waals surface area contributed by atoms with Crippen LogP contribution in [0.5, 0.6) is 0 Å². The number of nitrogens with zero attached hydrogens (tertiary/aromatic N) is 1. The quantitative estimate of drug-likeness (QED) is 0.414. The average molecular weight is 299 g/mol. The smallest absolute Gasteiger partial charge is 0.308 e. The van der Waals surface area contributed by atoms with Gasteiger partial charge in [0.2, 0.25) is 5.91 Å². The Kier molecular flexibility index (Phi) is 7.00. The van der Waals surface area contributed by atoms with Crippen molar-refractivity contribution < 1.29 is 14.3 Å². The number of amides is 1. The van der Waals surface area contributed by atoms with E-state index < -0.39 is 6.04 Å². The third-order valence-corrected chi connectivity index (χ3v) is 3.20. The highest BCUT2D eigenvalue weighted by atomic mass is 32.1. The second kappa shape index (κ2) is 8.52. The topological polar surface area (TPSA) is 70.7 Å². The standard InChI is InChI=1S/C13H21N3O3S/c1-3-5-15-13(20)16-7-6-14-12(18)10(16)9-11(17)19-8-4-2/h3,10H,1,4-9H2,2H3,(H,14,18)(H,15,20). The van der Waals surface area contributed by atoms with Crippen molar-refractivity contribution in [3.05, 3.63) is 12.7 Å². The Labute approximate surface area is 124 Å². The predicted molar refractivity (Wildman–Crippen MR) is 80.2 cm³/mol. The van der Waals surface area contributed by atoms with E-state index in [0.717, 1.165) is 6.42 Å². The van der Waals surface area contributed by atoms with Gasteiger partial charge in [-0.15, -0.1) is 6.58 Å². The van der Waals surface area contributed by atoms with E-state index in [2.05, 4.69) is 17.2 Å². The molecule has 1 saturated heterocycles. The number of piperazine rings is 1. The molecule has 20 heavy (non-hydrogen) atoms. The van der Waals surface area contributed by atoms with E-state index in [0.29, 0.717) is 31.4 Å². The van der Waals surface area contributed by atoms with Gasteiger partial charge in [0.25, 0.3) is 0 Å². The summed E-state index contributed by atoms with van der Waals surface area (Å²) in [4.78, 5) is 25.3. The van der Waals surface area contributed by atoms with E-state index in [1.165, 1.54) is 0 Å². The maximum absolute atomic E-state index is 11.9. The summed E-state index contributed by atoms with van der Waals surface area (Å²) in [5.74, 6) is -0.585. The summed E-state index contributed by atoms with van der Waals surface area (Å²) < 4.78 is 5.03. The summed E-state index contributed by atoms with van der Waals surface area (Å²) in [6.07, 6.45) is 2.44. The zero-order valence-electron chi connectivity index (χ0n) is 11.7. The van der Waals surface area contributed by atoms with Crippen molar-refractivity contribution in [3.63, 3.8) is 0 Å². The minimum atomic E-state index is -0.613. The molecule has 0 aromatic carbocycles. The molecule has 1 heterocycles. The number of ether oxygens (including phenoxy) is 1. The molecule has 1 aliphatic rings. The van der Waals surface area contributed by atoms with Gasteiger partial charge in [0.1, 0.15) is 6.04 Å². The van der Waals surface area contributed by atoms with E-state index in [-0.39, 0.29) is 18.3 Å². The monoisotopic (exact) mass is 299 g/mol. The predicted octanol–water partition coefficient (Wildman–Crippen LogP) is 0.191. The fourth-order valence-corrected chi connectivity index (χ4v) is 2.16. The third kappa shape index (κ3) is 4.80. The Morgan fingerprint density at radius 1 is 1.70 bits per heavy atom. The van der Waals surface area contributed by atoms with Gasteiger partial charge in [0.15, 0.2) is 5.11 Å². The summed E-state index contributed by atoms with van der Waals surface area (Å²) in [6, 6.07) is -0.613. The van der Waals surface area contributed by atoms with Crippen LogP contribution in [0, 0.1) is 0 Å². The average Bonchev–Trinajstić information content (AvgIpc) is 2.44. The molecular formula is C13H21N3O3S. The first-order chi connectivity index (χ1) is 9.60. The Hall–Kier alpha value is -1.63. The Balaban J connectivity index is 2.64. The van der Waals surface area contributed by atoms with Crippen LogP contribution in [0.15, 0.2) is 12.7 Å². The van der Waals surface area contributed by atoms with Gasteiger partial charge in [-0.2, -0.15) is 0 Å². The fraction of sp³-hybridized carbons (Fsp3) is 0.615. The molecule has 112 valence electrons. The first-order valence-corrected chi connectivity index (χ1v) is 7.09. The molecule has 1 rings (SSSR count). The molecule has 6 nitrogen and oxygen atoms in total. The van der Waals surface area contributed by atoms with Crippen LogP contribution in [0.25, 0.3) is 0 Å². The van der Waals surface area contributed by atoms with Gasteiger partial charge in [0, 0.05) is 19.6 Å². The zero-order valence-corrected chi connectivity index (χ0v) is 12.5. The van der Waals surface area contributed by atoms with Crippen LogP contribution in [-0.2, 0) is 14.3 Å². The van der Waals surface area contributed by atoms with E-state index in [1.807, 2.05) is 6.92 Å². The number of hydrogen-bond acceptors (Lipinski definition) is 4. The molecule has 1 atom stereocenters. The van der Waals surface area contributed by atoms with Crippen molar-refractivity contribution in [2.24, 2.45) is 0 Å². The van der Waals surface area contributed by atoms with E-state index in [1.54, 1.807) is 11.0 Å². The van der Waals surface area contributed by atoms with Crippen LogP contribution in [0.3, 0.4) is 0 Å². The van der Waals surface area contributed by atoms with Gasteiger partial charge in [0.05, 0.1) is 13.0 Å². The van der Waals surface area contributed by atoms with E-state index in [4.69, 9.17) is 17.0 Å². The minimum Gasteiger partial charge on any atom is -0.466 e. The Bertz CT molecular complexity index is 387. The van der Waals surface area contributed by atoms with Gasteiger partial charge in [-0.05, 0) is 18.6 Å². The molecule has 2 N–H and O–H groups in total. The lowest BCUT2D eigenvalue weighted by Gasteiger charge is -2.36. The van der Waals surface area contributed by atoms with Crippen molar-refractivity contribution in [3.8, 4) is 0 Å². The van der Waals surface area contributed by atoms with E-state index >= 15 is 0 Å². The first kappa shape index (κ1) is 16.4. The second-order valence-electron chi connectivity index (χ2n) is 4.40. The van der Waals surface area contributed by atoms with Gasteiger partial charge in [-0.1, -0.05) is 13.0 Å². The number of esters is 1. The third-order valence-electron chi connectivity index (χ3n) is 2.82. The lowest BCUT2D eigenvalue weighted by atomic mass is 10.1.